The molecule has 0 aliphatic carbocycles. The van der Waals surface area contributed by atoms with Crippen LogP contribution in [-0.2, 0) is 0 Å². The number of anilines is 2. The van der Waals surface area contributed by atoms with Crippen LogP contribution in [0.4, 0.5) is 11.4 Å². The number of para-hydroxylation sites is 2. The van der Waals surface area contributed by atoms with Crippen LogP contribution >= 0.6 is 17.0 Å². The predicted octanol–water partition coefficient (Wildman–Crippen LogP) is 6.71. The van der Waals surface area contributed by atoms with Crippen LogP contribution in [-0.4, -0.2) is 18.0 Å². The molecular weight excluding hydrogens is 410 g/mol. The smallest absolute Gasteiger partial charge is 0.125 e. The molecule has 1 N–H and O–H groups in total. The zero-order chi connectivity index (χ0) is 19.7. The van der Waals surface area contributed by atoms with Gasteiger partial charge in [0.05, 0.1) is 11.7 Å². The largest absolute Gasteiger partial charge is 0.340 e. The monoisotopic (exact) mass is 443 g/mol. The molecule has 1 saturated heterocycles. The molecule has 0 saturated carbocycles. The van der Waals surface area contributed by atoms with Gasteiger partial charge in [-0.15, -0.1) is 17.0 Å². The fraction of sp³-hybridized carbons (Fsp3) is 0.458. The van der Waals surface area contributed by atoms with Crippen molar-refractivity contribution in [3.05, 3.63) is 58.7 Å². The number of nitrogens with one attached hydrogen (secondary N) is 1. The van der Waals surface area contributed by atoms with Crippen molar-refractivity contribution >= 4 is 34.2 Å². The molecule has 1 fully saturated rings. The molecule has 1 heterocycles. The number of hydrogen-bond acceptors (Lipinski definition) is 2. The minimum Gasteiger partial charge on any atom is -0.340 e. The average Bonchev–Trinajstić information content (AvgIpc) is 2.85. The van der Waals surface area contributed by atoms with E-state index in [2.05, 4.69) is 87.7 Å². The molecule has 3 nitrogen and oxygen atoms in total. The van der Waals surface area contributed by atoms with Crippen LogP contribution in [0.25, 0.3) is 0 Å². The van der Waals surface area contributed by atoms with E-state index in [1.807, 2.05) is 0 Å². The zero-order valence-electron chi connectivity index (χ0n) is 18.0. The van der Waals surface area contributed by atoms with Crippen molar-refractivity contribution in [1.29, 1.82) is 5.41 Å². The summed E-state index contributed by atoms with van der Waals surface area (Å²) in [5, 5.41) is 9.01. The normalized spacial score (nSPS) is 19.1. The van der Waals surface area contributed by atoms with E-state index in [0.717, 1.165) is 12.8 Å². The van der Waals surface area contributed by atoms with E-state index >= 15 is 0 Å². The Labute approximate surface area is 181 Å². The molecule has 0 spiro atoms. The summed E-state index contributed by atoms with van der Waals surface area (Å²) in [6.45, 7) is 13.1. The highest BCUT2D eigenvalue weighted by atomic mass is 79.9. The summed E-state index contributed by atoms with van der Waals surface area (Å²) in [5.74, 6) is 0.705. The summed E-state index contributed by atoms with van der Waals surface area (Å²) >= 11 is 0. The van der Waals surface area contributed by atoms with Gasteiger partial charge >= 0.3 is 0 Å². The molecule has 0 aromatic heterocycles. The van der Waals surface area contributed by atoms with E-state index in [1.54, 1.807) is 0 Å². The lowest BCUT2D eigenvalue weighted by Gasteiger charge is -2.36. The zero-order valence-corrected chi connectivity index (χ0v) is 19.8. The molecule has 28 heavy (non-hydrogen) atoms. The van der Waals surface area contributed by atoms with E-state index in [-0.39, 0.29) is 29.2 Å². The van der Waals surface area contributed by atoms with Gasteiger partial charge in [-0.05, 0) is 69.7 Å². The van der Waals surface area contributed by atoms with E-state index in [4.69, 9.17) is 5.41 Å². The lowest BCUT2D eigenvalue weighted by molar-refractivity contribution is 0.562. The number of rotatable bonds is 5. The number of nitrogens with zero attached hydrogens (tertiary/aromatic N) is 2. The van der Waals surface area contributed by atoms with Crippen LogP contribution < -0.4 is 9.80 Å². The molecule has 2 atom stereocenters. The van der Waals surface area contributed by atoms with Crippen LogP contribution in [0.2, 0.25) is 0 Å². The minimum absolute atomic E-state index is 0. The Kier molecular flexibility index (Phi) is 7.33. The third-order valence-corrected chi connectivity index (χ3v) is 5.89. The summed E-state index contributed by atoms with van der Waals surface area (Å²) in [5.41, 5.74) is 7.58. The molecule has 1 aliphatic rings. The van der Waals surface area contributed by atoms with Crippen LogP contribution in [0.5, 0.6) is 0 Å². The van der Waals surface area contributed by atoms with Gasteiger partial charge < -0.3 is 9.80 Å². The first-order valence-corrected chi connectivity index (χ1v) is 10.2. The Hall–Kier alpha value is -1.81. The molecule has 0 bridgehead atoms. The van der Waals surface area contributed by atoms with Crippen molar-refractivity contribution in [2.24, 2.45) is 0 Å². The van der Waals surface area contributed by atoms with Crippen molar-refractivity contribution in [3.63, 3.8) is 0 Å². The SMILES string of the molecule is Br.CCCCC1N(c2c(C)cccc2C)C(=N)C(C)N1c1c(C)cccc1C. The number of aryl methyl sites for hydroxylation is 4. The third-order valence-electron chi connectivity index (χ3n) is 5.89. The fourth-order valence-corrected chi connectivity index (χ4v) is 4.54. The molecule has 2 unspecified atom stereocenters. The quantitative estimate of drug-likeness (QED) is 0.556. The number of hydrogen-bond donors (Lipinski definition) is 1. The summed E-state index contributed by atoms with van der Waals surface area (Å²) in [7, 11) is 0. The van der Waals surface area contributed by atoms with Crippen molar-refractivity contribution < 1.29 is 0 Å². The van der Waals surface area contributed by atoms with Crippen LogP contribution in [0, 0.1) is 33.1 Å². The standard InChI is InChI=1S/C24H33N3.BrH/c1-7-8-15-21-26(22-16(2)11-9-12-17(22)3)20(6)24(25)27(21)23-18(4)13-10-14-19(23)5;/h9-14,20-21,25H,7-8,15H2,1-6H3;1H. The second-order valence-corrected chi connectivity index (χ2v) is 7.94. The van der Waals surface area contributed by atoms with Gasteiger partial charge in [-0.25, -0.2) is 0 Å². The number of benzene rings is 2. The van der Waals surface area contributed by atoms with Gasteiger partial charge in [0.15, 0.2) is 0 Å². The molecule has 2 aromatic carbocycles. The highest BCUT2D eigenvalue weighted by Crippen LogP contribution is 2.40. The Bertz CT molecular complexity index is 805. The molecule has 1 aliphatic heterocycles. The first kappa shape index (κ1) is 22.5. The molecule has 2 aromatic rings. The highest BCUT2D eigenvalue weighted by Gasteiger charge is 2.43. The Morgan fingerprint density at radius 1 is 0.857 bits per heavy atom. The molecule has 152 valence electrons. The predicted molar refractivity (Wildman–Crippen MR) is 128 cm³/mol. The number of halogens is 1. The molecular formula is C24H34BrN3. The maximum atomic E-state index is 9.01. The lowest BCUT2D eigenvalue weighted by atomic mass is 10.0. The summed E-state index contributed by atoms with van der Waals surface area (Å²) in [4.78, 5) is 4.80. The second kappa shape index (κ2) is 9.13. The van der Waals surface area contributed by atoms with Gasteiger partial charge in [0.1, 0.15) is 12.0 Å². The van der Waals surface area contributed by atoms with Gasteiger partial charge in [-0.1, -0.05) is 49.7 Å². The average molecular weight is 444 g/mol. The van der Waals surface area contributed by atoms with E-state index in [1.165, 1.54) is 40.0 Å². The minimum atomic E-state index is 0. The Morgan fingerprint density at radius 3 is 1.79 bits per heavy atom. The van der Waals surface area contributed by atoms with Gasteiger partial charge in [-0.2, -0.15) is 0 Å². The van der Waals surface area contributed by atoms with E-state index < -0.39 is 0 Å². The second-order valence-electron chi connectivity index (χ2n) is 7.94. The maximum Gasteiger partial charge on any atom is 0.125 e. The molecule has 4 heteroatoms. The van der Waals surface area contributed by atoms with Crippen LogP contribution in [0.15, 0.2) is 36.4 Å². The summed E-state index contributed by atoms with van der Waals surface area (Å²) < 4.78 is 0. The summed E-state index contributed by atoms with van der Waals surface area (Å²) in [6, 6.07) is 13.0. The van der Waals surface area contributed by atoms with Crippen LogP contribution in [0.3, 0.4) is 0 Å². The first-order valence-electron chi connectivity index (χ1n) is 10.2. The maximum absolute atomic E-state index is 9.01. The number of unbranched alkanes of at least 4 members (excludes halogenated alkanes) is 1. The lowest BCUT2D eigenvalue weighted by Crippen LogP contribution is -2.41. The molecule has 0 amide bonds. The Morgan fingerprint density at radius 2 is 1.32 bits per heavy atom. The third kappa shape index (κ3) is 3.84. The van der Waals surface area contributed by atoms with Gasteiger partial charge in [0.2, 0.25) is 0 Å². The van der Waals surface area contributed by atoms with Gasteiger partial charge in [-0.3, -0.25) is 5.41 Å². The topological polar surface area (TPSA) is 30.3 Å². The van der Waals surface area contributed by atoms with Crippen LogP contribution in [0.1, 0.15) is 55.4 Å². The summed E-state index contributed by atoms with van der Waals surface area (Å²) in [6.07, 6.45) is 3.57. The van der Waals surface area contributed by atoms with Crippen molar-refractivity contribution in [3.8, 4) is 0 Å². The fourth-order valence-electron chi connectivity index (χ4n) is 4.54. The van der Waals surface area contributed by atoms with Crippen molar-refractivity contribution in [1.82, 2.24) is 0 Å². The Balaban J connectivity index is 0.00000280. The van der Waals surface area contributed by atoms with Gasteiger partial charge in [0, 0.05) is 5.69 Å². The van der Waals surface area contributed by atoms with Gasteiger partial charge in [0.25, 0.3) is 0 Å². The van der Waals surface area contributed by atoms with E-state index in [9.17, 15) is 0 Å². The van der Waals surface area contributed by atoms with Crippen molar-refractivity contribution in [2.75, 3.05) is 9.80 Å². The van der Waals surface area contributed by atoms with Crippen molar-refractivity contribution in [2.45, 2.75) is 73.0 Å². The first-order chi connectivity index (χ1) is 12.9. The highest BCUT2D eigenvalue weighted by molar-refractivity contribution is 8.93. The number of amidine groups is 1. The molecule has 0 radical (unpaired) electrons. The van der Waals surface area contributed by atoms with E-state index in [0.29, 0.717) is 5.84 Å². The molecule has 3 rings (SSSR count).